The van der Waals surface area contributed by atoms with Crippen molar-refractivity contribution in [1.29, 1.82) is 0 Å². The highest BCUT2D eigenvalue weighted by Crippen LogP contribution is 2.26. The fourth-order valence-corrected chi connectivity index (χ4v) is 1.95. The molecule has 0 spiro atoms. The molecule has 0 aliphatic carbocycles. The van der Waals surface area contributed by atoms with E-state index in [4.69, 9.17) is 21.5 Å². The molecule has 0 saturated heterocycles. The number of hydrogen-bond donors (Lipinski definition) is 1. The number of oxime groups is 1. The monoisotopic (exact) mass is 306 g/mol. The minimum Gasteiger partial charge on any atom is -0.487 e. The summed E-state index contributed by atoms with van der Waals surface area (Å²) in [5, 5.41) is 22.4. The normalized spacial score (nSPS) is 10.7. The van der Waals surface area contributed by atoms with Gasteiger partial charge in [-0.1, -0.05) is 28.9 Å². The van der Waals surface area contributed by atoms with Gasteiger partial charge in [0, 0.05) is 12.1 Å². The van der Waals surface area contributed by atoms with E-state index in [-0.39, 0.29) is 12.3 Å². The van der Waals surface area contributed by atoms with Crippen LogP contribution in [0.4, 0.5) is 5.69 Å². The van der Waals surface area contributed by atoms with Crippen LogP contribution in [0, 0.1) is 10.1 Å². The third-order valence-corrected chi connectivity index (χ3v) is 2.97. The number of non-ortho nitro benzene ring substituents is 1. The molecular weight excluding hydrogens is 296 g/mol. The summed E-state index contributed by atoms with van der Waals surface area (Å²) in [5.41, 5.74) is 1.31. The Bertz CT molecular complexity index is 688. The van der Waals surface area contributed by atoms with E-state index in [1.165, 1.54) is 18.3 Å². The number of rotatable bonds is 5. The molecule has 0 bridgehead atoms. The molecule has 0 unspecified atom stereocenters. The van der Waals surface area contributed by atoms with Crippen LogP contribution in [0.1, 0.15) is 11.1 Å². The molecule has 6 nitrogen and oxygen atoms in total. The molecule has 0 fully saturated rings. The minimum atomic E-state index is -0.459. The molecule has 21 heavy (non-hydrogen) atoms. The molecule has 0 amide bonds. The fourth-order valence-electron chi connectivity index (χ4n) is 1.70. The Labute approximate surface area is 125 Å². The Hall–Kier alpha value is -2.60. The van der Waals surface area contributed by atoms with E-state index in [2.05, 4.69) is 5.16 Å². The summed E-state index contributed by atoms with van der Waals surface area (Å²) in [6.45, 7) is 0.162. The summed E-state index contributed by atoms with van der Waals surface area (Å²) in [5.74, 6) is 0.443. The molecule has 1 N–H and O–H groups in total. The summed E-state index contributed by atoms with van der Waals surface area (Å²) in [6.07, 6.45) is 1.25. The molecule has 0 heterocycles. The quantitative estimate of drug-likeness (QED) is 0.395. The van der Waals surface area contributed by atoms with E-state index >= 15 is 0 Å². The van der Waals surface area contributed by atoms with Gasteiger partial charge in [-0.15, -0.1) is 0 Å². The minimum absolute atomic E-state index is 0.0108. The highest BCUT2D eigenvalue weighted by atomic mass is 35.5. The van der Waals surface area contributed by atoms with E-state index in [0.717, 1.165) is 0 Å². The molecule has 0 saturated carbocycles. The van der Waals surface area contributed by atoms with Crippen molar-refractivity contribution < 1.29 is 14.9 Å². The van der Waals surface area contributed by atoms with Gasteiger partial charge < -0.3 is 9.94 Å². The SMILES string of the molecule is O=[N+]([O-])c1cccc(COc2ccc(C=NO)cc2Cl)c1. The summed E-state index contributed by atoms with van der Waals surface area (Å²) in [4.78, 5) is 10.2. The second kappa shape index (κ2) is 6.71. The van der Waals surface area contributed by atoms with Crippen LogP contribution in [-0.2, 0) is 6.61 Å². The van der Waals surface area contributed by atoms with Crippen molar-refractivity contribution in [1.82, 2.24) is 0 Å². The topological polar surface area (TPSA) is 85.0 Å². The summed E-state index contributed by atoms with van der Waals surface area (Å²) < 4.78 is 5.53. The zero-order chi connectivity index (χ0) is 15.2. The fraction of sp³-hybridized carbons (Fsp3) is 0.0714. The van der Waals surface area contributed by atoms with Gasteiger partial charge in [-0.05, 0) is 29.3 Å². The van der Waals surface area contributed by atoms with E-state index in [1.54, 1.807) is 30.3 Å². The maximum Gasteiger partial charge on any atom is 0.269 e. The first-order chi connectivity index (χ1) is 10.1. The molecule has 0 aliphatic heterocycles. The Kier molecular flexibility index (Phi) is 4.73. The van der Waals surface area contributed by atoms with Crippen LogP contribution in [0.25, 0.3) is 0 Å². The second-order valence-corrected chi connectivity index (χ2v) is 4.56. The van der Waals surface area contributed by atoms with Gasteiger partial charge in [-0.3, -0.25) is 10.1 Å². The first-order valence-corrected chi connectivity index (χ1v) is 6.31. The van der Waals surface area contributed by atoms with Crippen LogP contribution in [-0.4, -0.2) is 16.3 Å². The van der Waals surface area contributed by atoms with Crippen LogP contribution in [0.5, 0.6) is 5.75 Å². The van der Waals surface area contributed by atoms with Gasteiger partial charge in [0.25, 0.3) is 5.69 Å². The van der Waals surface area contributed by atoms with E-state index < -0.39 is 4.92 Å². The zero-order valence-electron chi connectivity index (χ0n) is 10.8. The van der Waals surface area contributed by atoms with Gasteiger partial charge in [0.2, 0.25) is 0 Å². The van der Waals surface area contributed by atoms with Crippen LogP contribution < -0.4 is 4.74 Å². The van der Waals surface area contributed by atoms with Gasteiger partial charge >= 0.3 is 0 Å². The van der Waals surface area contributed by atoms with E-state index in [1.807, 2.05) is 0 Å². The van der Waals surface area contributed by atoms with Crippen LogP contribution in [0.3, 0.4) is 0 Å². The second-order valence-electron chi connectivity index (χ2n) is 4.15. The van der Waals surface area contributed by atoms with Crippen molar-refractivity contribution in [2.24, 2.45) is 5.16 Å². The van der Waals surface area contributed by atoms with Crippen molar-refractivity contribution in [3.05, 3.63) is 68.7 Å². The number of ether oxygens (including phenoxy) is 1. The summed E-state index contributed by atoms with van der Waals surface area (Å²) in [6, 6.07) is 11.1. The van der Waals surface area contributed by atoms with E-state index in [9.17, 15) is 10.1 Å². The molecule has 0 aliphatic rings. The van der Waals surface area contributed by atoms with Crippen molar-refractivity contribution in [3.8, 4) is 5.75 Å². The lowest BCUT2D eigenvalue weighted by Gasteiger charge is -2.08. The number of nitrogens with zero attached hydrogens (tertiary/aromatic N) is 2. The molecule has 108 valence electrons. The standard InChI is InChI=1S/C14H11ClN2O4/c15-13-7-10(8-16-18)4-5-14(13)21-9-11-2-1-3-12(6-11)17(19)20/h1-8,18H,9H2. The number of halogens is 1. The molecule has 2 aromatic rings. The number of nitro groups is 1. The van der Waals surface area contributed by atoms with Gasteiger partial charge in [0.05, 0.1) is 16.2 Å². The van der Waals surface area contributed by atoms with Crippen LogP contribution in [0.2, 0.25) is 5.02 Å². The third-order valence-electron chi connectivity index (χ3n) is 2.68. The predicted octanol–water partition coefficient (Wildman–Crippen LogP) is 3.64. The van der Waals surface area contributed by atoms with Gasteiger partial charge in [-0.25, -0.2) is 0 Å². The lowest BCUT2D eigenvalue weighted by molar-refractivity contribution is -0.384. The summed E-state index contributed by atoms with van der Waals surface area (Å²) in [7, 11) is 0. The first-order valence-electron chi connectivity index (χ1n) is 5.93. The van der Waals surface area contributed by atoms with Crippen molar-refractivity contribution >= 4 is 23.5 Å². The lowest BCUT2D eigenvalue weighted by atomic mass is 10.2. The Morgan fingerprint density at radius 1 is 1.33 bits per heavy atom. The number of benzene rings is 2. The Morgan fingerprint density at radius 3 is 2.81 bits per heavy atom. The average molecular weight is 307 g/mol. The van der Waals surface area contributed by atoms with Crippen LogP contribution >= 0.6 is 11.6 Å². The molecule has 0 radical (unpaired) electrons. The highest BCUT2D eigenvalue weighted by molar-refractivity contribution is 6.32. The lowest BCUT2D eigenvalue weighted by Crippen LogP contribution is -1.97. The Morgan fingerprint density at radius 2 is 2.14 bits per heavy atom. The molecule has 7 heteroatoms. The largest absolute Gasteiger partial charge is 0.487 e. The predicted molar refractivity (Wildman–Crippen MR) is 78.3 cm³/mol. The van der Waals surface area contributed by atoms with Crippen molar-refractivity contribution in [2.45, 2.75) is 6.61 Å². The maximum atomic E-state index is 10.7. The Balaban J connectivity index is 2.09. The molecule has 2 aromatic carbocycles. The van der Waals surface area contributed by atoms with Crippen molar-refractivity contribution in [2.75, 3.05) is 0 Å². The smallest absolute Gasteiger partial charge is 0.269 e. The van der Waals surface area contributed by atoms with Crippen molar-refractivity contribution in [3.63, 3.8) is 0 Å². The molecular formula is C14H11ClN2O4. The van der Waals surface area contributed by atoms with Crippen LogP contribution in [0.15, 0.2) is 47.6 Å². The molecule has 0 aromatic heterocycles. The number of nitro benzene ring substituents is 1. The van der Waals surface area contributed by atoms with Gasteiger partial charge in [-0.2, -0.15) is 0 Å². The maximum absolute atomic E-state index is 10.7. The first kappa shape index (κ1) is 14.8. The third kappa shape index (κ3) is 3.93. The highest BCUT2D eigenvalue weighted by Gasteiger charge is 2.07. The van der Waals surface area contributed by atoms with E-state index in [0.29, 0.717) is 21.9 Å². The van der Waals surface area contributed by atoms with Gasteiger partial charge in [0.1, 0.15) is 12.4 Å². The summed E-state index contributed by atoms with van der Waals surface area (Å²) >= 11 is 6.04. The average Bonchev–Trinajstić information content (AvgIpc) is 2.47. The zero-order valence-corrected chi connectivity index (χ0v) is 11.5. The number of hydrogen-bond acceptors (Lipinski definition) is 5. The van der Waals surface area contributed by atoms with Gasteiger partial charge in [0.15, 0.2) is 0 Å². The molecule has 2 rings (SSSR count). The molecule has 0 atom stereocenters.